The summed E-state index contributed by atoms with van der Waals surface area (Å²) in [6.45, 7) is 10.6. The smallest absolute Gasteiger partial charge is 0.192 e. The van der Waals surface area contributed by atoms with Gasteiger partial charge in [0.1, 0.15) is 0 Å². The van der Waals surface area contributed by atoms with Crippen molar-refractivity contribution in [3.63, 3.8) is 0 Å². The lowest BCUT2D eigenvalue weighted by molar-refractivity contribution is 0.534. The van der Waals surface area contributed by atoms with E-state index in [9.17, 15) is 0 Å². The van der Waals surface area contributed by atoms with Gasteiger partial charge in [-0.1, -0.05) is 44.0 Å². The van der Waals surface area contributed by atoms with E-state index < -0.39 is 0 Å². The van der Waals surface area contributed by atoms with Crippen LogP contribution in [0, 0.1) is 19.3 Å². The fourth-order valence-corrected chi connectivity index (χ4v) is 2.17. The first-order valence-corrected chi connectivity index (χ1v) is 7.03. The summed E-state index contributed by atoms with van der Waals surface area (Å²) >= 11 is 0. The summed E-state index contributed by atoms with van der Waals surface area (Å²) in [5.74, 6) is 3.33. The third-order valence-corrected chi connectivity index (χ3v) is 3.21. The van der Waals surface area contributed by atoms with Crippen LogP contribution < -0.4 is 10.6 Å². The largest absolute Gasteiger partial charge is 0.357 e. The third kappa shape index (κ3) is 4.62. The average Bonchev–Trinajstić information content (AvgIpc) is 2.42. The molecule has 0 bridgehead atoms. The quantitative estimate of drug-likeness (QED) is 0.490. The SMILES string of the molecule is C#CCNC(=NCC(C)(C)c1ccccc1C)NCC. The molecule has 108 valence electrons. The maximum atomic E-state index is 5.27. The number of rotatable bonds is 5. The van der Waals surface area contributed by atoms with E-state index in [2.05, 4.69) is 66.6 Å². The molecule has 0 heterocycles. The van der Waals surface area contributed by atoms with E-state index in [4.69, 9.17) is 6.42 Å². The second kappa shape index (κ2) is 7.59. The van der Waals surface area contributed by atoms with E-state index in [0.717, 1.165) is 12.5 Å². The zero-order chi connectivity index (χ0) is 15.0. The summed E-state index contributed by atoms with van der Waals surface area (Å²) in [4.78, 5) is 4.64. The molecule has 2 N–H and O–H groups in total. The van der Waals surface area contributed by atoms with E-state index in [1.54, 1.807) is 0 Å². The number of terminal acetylenes is 1. The van der Waals surface area contributed by atoms with Gasteiger partial charge in [0.05, 0.1) is 13.1 Å². The van der Waals surface area contributed by atoms with Crippen molar-refractivity contribution < 1.29 is 0 Å². The van der Waals surface area contributed by atoms with Crippen LogP contribution in [-0.4, -0.2) is 25.6 Å². The Kier molecular flexibility index (Phi) is 6.11. The number of aryl methyl sites for hydroxylation is 1. The Morgan fingerprint density at radius 1 is 1.30 bits per heavy atom. The zero-order valence-corrected chi connectivity index (χ0v) is 13.0. The van der Waals surface area contributed by atoms with E-state index in [1.165, 1.54) is 11.1 Å². The Balaban J connectivity index is 2.83. The highest BCUT2D eigenvalue weighted by atomic mass is 15.2. The molecule has 0 atom stereocenters. The van der Waals surface area contributed by atoms with Crippen molar-refractivity contribution in [1.82, 2.24) is 10.6 Å². The zero-order valence-electron chi connectivity index (χ0n) is 13.0. The molecule has 0 aliphatic carbocycles. The summed E-state index contributed by atoms with van der Waals surface area (Å²) in [6.07, 6.45) is 5.27. The van der Waals surface area contributed by atoms with Gasteiger partial charge in [-0.15, -0.1) is 6.42 Å². The molecule has 0 saturated heterocycles. The fourth-order valence-electron chi connectivity index (χ4n) is 2.17. The molecule has 1 aromatic carbocycles. The number of nitrogens with one attached hydrogen (secondary N) is 2. The van der Waals surface area contributed by atoms with E-state index >= 15 is 0 Å². The molecular formula is C17H25N3. The monoisotopic (exact) mass is 271 g/mol. The summed E-state index contributed by atoms with van der Waals surface area (Å²) in [6, 6.07) is 8.46. The molecule has 0 spiro atoms. The van der Waals surface area contributed by atoms with Gasteiger partial charge in [0.15, 0.2) is 5.96 Å². The minimum atomic E-state index is -0.0101. The predicted octanol–water partition coefficient (Wildman–Crippen LogP) is 2.46. The van der Waals surface area contributed by atoms with Gasteiger partial charge in [0, 0.05) is 12.0 Å². The maximum absolute atomic E-state index is 5.27. The molecule has 3 heteroatoms. The van der Waals surface area contributed by atoms with E-state index in [-0.39, 0.29) is 5.41 Å². The number of nitrogens with zero attached hydrogens (tertiary/aromatic N) is 1. The Hall–Kier alpha value is -1.95. The van der Waals surface area contributed by atoms with Crippen LogP contribution in [0.25, 0.3) is 0 Å². The summed E-state index contributed by atoms with van der Waals surface area (Å²) in [7, 11) is 0. The standard InChI is InChI=1S/C17H25N3/c1-6-12-19-16(18-7-2)20-13-17(4,5)15-11-9-8-10-14(15)3/h1,8-11H,7,12-13H2,2-5H3,(H2,18,19,20). The summed E-state index contributed by atoms with van der Waals surface area (Å²) < 4.78 is 0. The number of hydrogen-bond donors (Lipinski definition) is 2. The number of hydrogen-bond acceptors (Lipinski definition) is 1. The number of guanidine groups is 1. The molecule has 0 saturated carbocycles. The predicted molar refractivity (Wildman–Crippen MR) is 87.0 cm³/mol. The lowest BCUT2D eigenvalue weighted by Gasteiger charge is -2.25. The van der Waals surface area contributed by atoms with Crippen LogP contribution in [0.2, 0.25) is 0 Å². The second-order valence-corrected chi connectivity index (χ2v) is 5.45. The van der Waals surface area contributed by atoms with E-state index in [1.807, 2.05) is 6.92 Å². The molecule has 0 fully saturated rings. The highest BCUT2D eigenvalue weighted by Gasteiger charge is 2.22. The first-order chi connectivity index (χ1) is 9.51. The van der Waals surface area contributed by atoms with Crippen LogP contribution in [0.4, 0.5) is 0 Å². The minimum absolute atomic E-state index is 0.0101. The van der Waals surface area contributed by atoms with Gasteiger partial charge < -0.3 is 10.6 Å². The van der Waals surface area contributed by atoms with Crippen molar-refractivity contribution in [2.45, 2.75) is 33.1 Å². The van der Waals surface area contributed by atoms with Gasteiger partial charge in [-0.2, -0.15) is 0 Å². The van der Waals surface area contributed by atoms with Gasteiger partial charge in [0.2, 0.25) is 0 Å². The van der Waals surface area contributed by atoms with Crippen molar-refractivity contribution >= 4 is 5.96 Å². The molecular weight excluding hydrogens is 246 g/mol. The lowest BCUT2D eigenvalue weighted by Crippen LogP contribution is -2.38. The van der Waals surface area contributed by atoms with Crippen LogP contribution in [0.15, 0.2) is 29.3 Å². The van der Waals surface area contributed by atoms with Gasteiger partial charge in [-0.3, -0.25) is 4.99 Å². The Morgan fingerprint density at radius 2 is 2.00 bits per heavy atom. The molecule has 20 heavy (non-hydrogen) atoms. The van der Waals surface area contributed by atoms with Crippen molar-refractivity contribution in [3.8, 4) is 12.3 Å². The molecule has 0 amide bonds. The van der Waals surface area contributed by atoms with Crippen LogP contribution >= 0.6 is 0 Å². The topological polar surface area (TPSA) is 36.4 Å². The van der Waals surface area contributed by atoms with Crippen molar-refractivity contribution in [1.29, 1.82) is 0 Å². The molecule has 0 radical (unpaired) electrons. The van der Waals surface area contributed by atoms with Gasteiger partial charge >= 0.3 is 0 Å². The van der Waals surface area contributed by atoms with Crippen LogP contribution in [0.3, 0.4) is 0 Å². The van der Waals surface area contributed by atoms with Gasteiger partial charge in [-0.05, 0) is 25.0 Å². The fraction of sp³-hybridized carbons (Fsp3) is 0.471. The maximum Gasteiger partial charge on any atom is 0.192 e. The summed E-state index contributed by atoms with van der Waals surface area (Å²) in [5, 5.41) is 6.31. The van der Waals surface area contributed by atoms with Crippen molar-refractivity contribution in [3.05, 3.63) is 35.4 Å². The Labute approximate surface area is 122 Å². The second-order valence-electron chi connectivity index (χ2n) is 5.45. The lowest BCUT2D eigenvalue weighted by atomic mass is 9.82. The molecule has 1 rings (SSSR count). The van der Waals surface area contributed by atoms with Crippen LogP contribution in [-0.2, 0) is 5.41 Å². The third-order valence-electron chi connectivity index (χ3n) is 3.21. The molecule has 0 aliphatic rings. The summed E-state index contributed by atoms with van der Waals surface area (Å²) in [5.41, 5.74) is 2.62. The Morgan fingerprint density at radius 3 is 2.60 bits per heavy atom. The van der Waals surface area contributed by atoms with E-state index in [0.29, 0.717) is 13.1 Å². The Bertz CT molecular complexity index is 495. The van der Waals surface area contributed by atoms with Gasteiger partial charge in [-0.25, -0.2) is 0 Å². The normalized spacial score (nSPS) is 11.8. The average molecular weight is 271 g/mol. The number of aliphatic imine (C=N–C) groups is 1. The first-order valence-electron chi connectivity index (χ1n) is 7.03. The van der Waals surface area contributed by atoms with Crippen molar-refractivity contribution in [2.75, 3.05) is 19.6 Å². The first kappa shape index (κ1) is 16.1. The van der Waals surface area contributed by atoms with Gasteiger partial charge in [0.25, 0.3) is 0 Å². The minimum Gasteiger partial charge on any atom is -0.357 e. The van der Waals surface area contributed by atoms with Crippen molar-refractivity contribution in [2.24, 2.45) is 4.99 Å². The molecule has 0 aromatic heterocycles. The van der Waals surface area contributed by atoms with Crippen LogP contribution in [0.5, 0.6) is 0 Å². The highest BCUT2D eigenvalue weighted by molar-refractivity contribution is 5.80. The number of benzene rings is 1. The molecule has 3 nitrogen and oxygen atoms in total. The highest BCUT2D eigenvalue weighted by Crippen LogP contribution is 2.26. The molecule has 0 aliphatic heterocycles. The van der Waals surface area contributed by atoms with Crippen LogP contribution in [0.1, 0.15) is 31.9 Å². The molecule has 1 aromatic rings. The molecule has 0 unspecified atom stereocenters.